The Bertz CT molecular complexity index is 174. The van der Waals surface area contributed by atoms with E-state index < -0.39 is 0 Å². The SMILES string of the molecule is CC#CCCC(N)C1CCSC1. The summed E-state index contributed by atoms with van der Waals surface area (Å²) in [5.74, 6) is 9.29. The number of rotatable bonds is 3. The van der Waals surface area contributed by atoms with E-state index in [0.717, 1.165) is 18.8 Å². The molecule has 1 rings (SSSR count). The number of hydrogen-bond acceptors (Lipinski definition) is 2. The lowest BCUT2D eigenvalue weighted by molar-refractivity contribution is 0.445. The third-order valence-corrected chi connectivity index (χ3v) is 3.54. The average Bonchev–Trinajstić information content (AvgIpc) is 2.56. The molecule has 2 N–H and O–H groups in total. The van der Waals surface area contributed by atoms with Gasteiger partial charge in [0.15, 0.2) is 0 Å². The van der Waals surface area contributed by atoms with Crippen LogP contribution < -0.4 is 5.73 Å². The van der Waals surface area contributed by atoms with Crippen LogP contribution in [0.2, 0.25) is 0 Å². The molecule has 0 aromatic rings. The first-order valence-corrected chi connectivity index (χ1v) is 5.73. The highest BCUT2D eigenvalue weighted by Gasteiger charge is 2.21. The van der Waals surface area contributed by atoms with Crippen LogP contribution >= 0.6 is 11.8 Å². The maximum absolute atomic E-state index is 6.04. The Morgan fingerprint density at radius 3 is 3.08 bits per heavy atom. The summed E-state index contributed by atoms with van der Waals surface area (Å²) in [7, 11) is 0. The van der Waals surface area contributed by atoms with Gasteiger partial charge in [-0.2, -0.15) is 11.8 Å². The van der Waals surface area contributed by atoms with E-state index in [1.54, 1.807) is 0 Å². The van der Waals surface area contributed by atoms with Crippen LogP contribution in [0.25, 0.3) is 0 Å². The van der Waals surface area contributed by atoms with Crippen LogP contribution in [-0.2, 0) is 0 Å². The summed E-state index contributed by atoms with van der Waals surface area (Å²) in [5.41, 5.74) is 6.04. The van der Waals surface area contributed by atoms with Crippen molar-refractivity contribution in [3.63, 3.8) is 0 Å². The van der Waals surface area contributed by atoms with Gasteiger partial charge in [0.05, 0.1) is 0 Å². The maximum atomic E-state index is 6.04. The molecule has 2 atom stereocenters. The predicted octanol–water partition coefficient (Wildman–Crippen LogP) is 1.87. The maximum Gasteiger partial charge on any atom is 0.0103 e. The van der Waals surface area contributed by atoms with Crippen molar-refractivity contribution in [1.82, 2.24) is 0 Å². The normalized spacial score (nSPS) is 24.7. The van der Waals surface area contributed by atoms with Crippen molar-refractivity contribution >= 4 is 11.8 Å². The summed E-state index contributed by atoms with van der Waals surface area (Å²) in [4.78, 5) is 0. The standard InChI is InChI=1S/C10H17NS/c1-2-3-4-5-10(11)9-6-7-12-8-9/h9-10H,4-8,11H2,1H3. The second kappa shape index (κ2) is 5.50. The molecule has 12 heavy (non-hydrogen) atoms. The fourth-order valence-corrected chi connectivity index (χ4v) is 2.84. The van der Waals surface area contributed by atoms with Gasteiger partial charge in [-0.1, -0.05) is 0 Å². The van der Waals surface area contributed by atoms with Crippen molar-refractivity contribution in [2.45, 2.75) is 32.2 Å². The first kappa shape index (κ1) is 9.95. The Labute approximate surface area is 79.5 Å². The molecular weight excluding hydrogens is 166 g/mol. The molecule has 1 nitrogen and oxygen atoms in total. The van der Waals surface area contributed by atoms with E-state index >= 15 is 0 Å². The lowest BCUT2D eigenvalue weighted by Gasteiger charge is -2.16. The molecule has 0 aromatic heterocycles. The summed E-state index contributed by atoms with van der Waals surface area (Å²) in [5, 5.41) is 0. The summed E-state index contributed by atoms with van der Waals surface area (Å²) in [6.45, 7) is 1.89. The van der Waals surface area contributed by atoms with E-state index in [0.29, 0.717) is 6.04 Å². The van der Waals surface area contributed by atoms with Crippen molar-refractivity contribution in [2.75, 3.05) is 11.5 Å². The summed E-state index contributed by atoms with van der Waals surface area (Å²) in [6, 6.07) is 0.390. The predicted molar refractivity (Wildman–Crippen MR) is 56.1 cm³/mol. The van der Waals surface area contributed by atoms with E-state index in [1.807, 2.05) is 18.7 Å². The van der Waals surface area contributed by atoms with Crippen molar-refractivity contribution in [2.24, 2.45) is 11.7 Å². The van der Waals surface area contributed by atoms with Crippen molar-refractivity contribution in [3.05, 3.63) is 0 Å². The summed E-state index contributed by atoms with van der Waals surface area (Å²) in [6.07, 6.45) is 3.36. The monoisotopic (exact) mass is 183 g/mol. The topological polar surface area (TPSA) is 26.0 Å². The lowest BCUT2D eigenvalue weighted by Crippen LogP contribution is -2.29. The van der Waals surface area contributed by atoms with Crippen LogP contribution in [-0.4, -0.2) is 17.5 Å². The molecule has 2 heteroatoms. The van der Waals surface area contributed by atoms with Crippen LogP contribution in [0.15, 0.2) is 0 Å². The number of thioether (sulfide) groups is 1. The minimum absolute atomic E-state index is 0.390. The third kappa shape index (κ3) is 3.08. The van der Waals surface area contributed by atoms with Gasteiger partial charge in [-0.05, 0) is 37.2 Å². The molecule has 1 aliphatic rings. The van der Waals surface area contributed by atoms with Gasteiger partial charge in [-0.3, -0.25) is 0 Å². The molecule has 0 amide bonds. The smallest absolute Gasteiger partial charge is 0.0103 e. The second-order valence-corrected chi connectivity index (χ2v) is 4.40. The molecule has 68 valence electrons. The first-order chi connectivity index (χ1) is 5.84. The molecular formula is C10H17NS. The lowest BCUT2D eigenvalue weighted by atomic mass is 9.96. The minimum atomic E-state index is 0.390. The third-order valence-electron chi connectivity index (χ3n) is 2.35. The molecule has 0 bridgehead atoms. The summed E-state index contributed by atoms with van der Waals surface area (Å²) >= 11 is 2.03. The Balaban J connectivity index is 2.16. The van der Waals surface area contributed by atoms with Gasteiger partial charge in [-0.25, -0.2) is 0 Å². The van der Waals surface area contributed by atoms with Crippen LogP contribution in [0.3, 0.4) is 0 Å². The Morgan fingerprint density at radius 2 is 2.50 bits per heavy atom. The van der Waals surface area contributed by atoms with E-state index in [-0.39, 0.29) is 0 Å². The van der Waals surface area contributed by atoms with Crippen molar-refractivity contribution < 1.29 is 0 Å². The molecule has 1 aliphatic heterocycles. The van der Waals surface area contributed by atoms with Gasteiger partial charge in [0.2, 0.25) is 0 Å². The molecule has 0 saturated carbocycles. The van der Waals surface area contributed by atoms with E-state index in [2.05, 4.69) is 11.8 Å². The van der Waals surface area contributed by atoms with Crippen LogP contribution in [0, 0.1) is 17.8 Å². The molecule has 1 heterocycles. The van der Waals surface area contributed by atoms with Crippen molar-refractivity contribution in [3.8, 4) is 11.8 Å². The average molecular weight is 183 g/mol. The van der Waals surface area contributed by atoms with Gasteiger partial charge in [0.1, 0.15) is 0 Å². The van der Waals surface area contributed by atoms with Gasteiger partial charge in [0.25, 0.3) is 0 Å². The molecule has 0 spiro atoms. The van der Waals surface area contributed by atoms with Gasteiger partial charge < -0.3 is 5.73 Å². The molecule has 0 aromatic carbocycles. The van der Waals surface area contributed by atoms with Gasteiger partial charge in [0, 0.05) is 12.5 Å². The van der Waals surface area contributed by atoms with Crippen LogP contribution in [0.4, 0.5) is 0 Å². The quantitative estimate of drug-likeness (QED) is 0.676. The first-order valence-electron chi connectivity index (χ1n) is 4.57. The number of nitrogens with two attached hydrogens (primary N) is 1. The molecule has 0 radical (unpaired) electrons. The highest BCUT2D eigenvalue weighted by molar-refractivity contribution is 7.99. The van der Waals surface area contributed by atoms with Gasteiger partial charge in [-0.15, -0.1) is 11.8 Å². The van der Waals surface area contributed by atoms with Gasteiger partial charge >= 0.3 is 0 Å². The zero-order valence-corrected chi connectivity index (χ0v) is 8.49. The van der Waals surface area contributed by atoms with Crippen LogP contribution in [0.5, 0.6) is 0 Å². The Kier molecular flexibility index (Phi) is 4.57. The fraction of sp³-hybridized carbons (Fsp3) is 0.800. The zero-order chi connectivity index (χ0) is 8.81. The molecule has 0 aliphatic carbocycles. The van der Waals surface area contributed by atoms with E-state index in [4.69, 9.17) is 5.73 Å². The van der Waals surface area contributed by atoms with E-state index in [9.17, 15) is 0 Å². The molecule has 2 unspecified atom stereocenters. The Hall–Kier alpha value is -0.130. The summed E-state index contributed by atoms with van der Waals surface area (Å²) < 4.78 is 0. The Morgan fingerprint density at radius 1 is 1.67 bits per heavy atom. The minimum Gasteiger partial charge on any atom is -0.327 e. The van der Waals surface area contributed by atoms with E-state index in [1.165, 1.54) is 17.9 Å². The molecule has 1 fully saturated rings. The molecule has 1 saturated heterocycles. The largest absolute Gasteiger partial charge is 0.327 e. The fourth-order valence-electron chi connectivity index (χ4n) is 1.49. The van der Waals surface area contributed by atoms with Crippen molar-refractivity contribution in [1.29, 1.82) is 0 Å². The van der Waals surface area contributed by atoms with Crippen LogP contribution in [0.1, 0.15) is 26.2 Å². The number of hydrogen-bond donors (Lipinski definition) is 1. The second-order valence-electron chi connectivity index (χ2n) is 3.25. The highest BCUT2D eigenvalue weighted by atomic mass is 32.2. The zero-order valence-electron chi connectivity index (χ0n) is 7.68. The highest BCUT2D eigenvalue weighted by Crippen LogP contribution is 2.26.